The molecule has 0 N–H and O–H groups in total. The number of carbonyl (C=O) groups excluding carboxylic acids is 1. The van der Waals surface area contributed by atoms with Crippen molar-refractivity contribution in [1.82, 2.24) is 0 Å². The summed E-state index contributed by atoms with van der Waals surface area (Å²) in [5.74, 6) is 0.0842. The molecule has 0 atom stereocenters. The molecule has 1 aromatic heterocycles. The number of carbonyl (C=O) groups is 1. The van der Waals surface area contributed by atoms with Crippen LogP contribution in [0.1, 0.15) is 15.2 Å². The average molecular weight is 328 g/mol. The van der Waals surface area contributed by atoms with Crippen LogP contribution in [0.15, 0.2) is 80.7 Å². The highest BCUT2D eigenvalue weighted by atomic mass is 32.2. The molecule has 0 unspecified atom stereocenters. The Labute approximate surface area is 137 Å². The second-order valence-corrected chi connectivity index (χ2v) is 7.04. The summed E-state index contributed by atoms with van der Waals surface area (Å²) in [7, 11) is 0. The lowest BCUT2D eigenvalue weighted by Crippen LogP contribution is -1.97. The molecule has 0 aliphatic heterocycles. The van der Waals surface area contributed by atoms with Gasteiger partial charge in [-0.2, -0.15) is 0 Å². The number of thiol groups is 1. The average Bonchev–Trinajstić information content (AvgIpc) is 3.04. The van der Waals surface area contributed by atoms with Crippen molar-refractivity contribution >= 4 is 41.5 Å². The topological polar surface area (TPSA) is 17.1 Å². The van der Waals surface area contributed by atoms with Crippen molar-refractivity contribution in [2.75, 3.05) is 0 Å². The predicted octanol–water partition coefficient (Wildman–Crippen LogP) is 5.42. The third kappa shape index (κ3) is 3.59. The first kappa shape index (κ1) is 14.4. The Kier molecular flexibility index (Phi) is 4.48. The first-order chi connectivity index (χ1) is 10.2. The third-order valence-electron chi connectivity index (χ3n) is 2.93. The van der Waals surface area contributed by atoms with Crippen molar-refractivity contribution in [3.8, 4) is 0 Å². The van der Waals surface area contributed by atoms with Crippen LogP contribution < -0.4 is 0 Å². The maximum absolute atomic E-state index is 12.2. The quantitative estimate of drug-likeness (QED) is 0.509. The van der Waals surface area contributed by atoms with Gasteiger partial charge in [0.2, 0.25) is 5.78 Å². The standard InChI is InChI=1S/C17H12OS3/c18-17(16-2-1-11-20-16)12-3-7-14(8-4-12)21-15-9-5-13(19)6-10-15/h1-11,19H. The van der Waals surface area contributed by atoms with Crippen molar-refractivity contribution in [2.24, 2.45) is 0 Å². The van der Waals surface area contributed by atoms with Crippen LogP contribution in [0.3, 0.4) is 0 Å². The summed E-state index contributed by atoms with van der Waals surface area (Å²) in [6.07, 6.45) is 0. The molecule has 0 saturated carbocycles. The van der Waals surface area contributed by atoms with E-state index in [9.17, 15) is 4.79 Å². The van der Waals surface area contributed by atoms with Gasteiger partial charge < -0.3 is 0 Å². The van der Waals surface area contributed by atoms with E-state index in [2.05, 4.69) is 12.6 Å². The van der Waals surface area contributed by atoms with E-state index >= 15 is 0 Å². The van der Waals surface area contributed by atoms with Gasteiger partial charge in [0.1, 0.15) is 0 Å². The van der Waals surface area contributed by atoms with Crippen LogP contribution in [0, 0.1) is 0 Å². The van der Waals surface area contributed by atoms with Crippen molar-refractivity contribution in [1.29, 1.82) is 0 Å². The first-order valence-corrected chi connectivity index (χ1v) is 8.52. The minimum absolute atomic E-state index is 0.0842. The van der Waals surface area contributed by atoms with E-state index < -0.39 is 0 Å². The first-order valence-electron chi connectivity index (χ1n) is 6.37. The lowest BCUT2D eigenvalue weighted by atomic mass is 10.1. The molecule has 0 radical (unpaired) electrons. The summed E-state index contributed by atoms with van der Waals surface area (Å²) in [6, 6.07) is 19.5. The smallest absolute Gasteiger partial charge is 0.202 e. The Hall–Kier alpha value is -1.49. The molecule has 1 heterocycles. The monoisotopic (exact) mass is 328 g/mol. The van der Waals surface area contributed by atoms with Crippen molar-refractivity contribution in [2.45, 2.75) is 14.7 Å². The highest BCUT2D eigenvalue weighted by Gasteiger charge is 2.09. The summed E-state index contributed by atoms with van der Waals surface area (Å²) < 4.78 is 0. The number of hydrogen-bond donors (Lipinski definition) is 1. The molecule has 0 aliphatic rings. The van der Waals surface area contributed by atoms with Crippen LogP contribution >= 0.6 is 35.7 Å². The van der Waals surface area contributed by atoms with Gasteiger partial charge in [-0.1, -0.05) is 17.8 Å². The summed E-state index contributed by atoms with van der Waals surface area (Å²) in [5, 5.41) is 1.92. The van der Waals surface area contributed by atoms with E-state index in [-0.39, 0.29) is 5.78 Å². The molecule has 0 amide bonds. The van der Waals surface area contributed by atoms with Gasteiger partial charge in [0.25, 0.3) is 0 Å². The molecule has 0 aliphatic carbocycles. The number of thiophene rings is 1. The zero-order chi connectivity index (χ0) is 14.7. The largest absolute Gasteiger partial charge is 0.288 e. The molecule has 3 rings (SSSR count). The van der Waals surface area contributed by atoms with Gasteiger partial charge >= 0.3 is 0 Å². The lowest BCUT2D eigenvalue weighted by Gasteiger charge is -2.03. The van der Waals surface area contributed by atoms with Gasteiger partial charge in [0.05, 0.1) is 4.88 Å². The molecule has 1 nitrogen and oxygen atoms in total. The molecular formula is C17H12OS3. The zero-order valence-electron chi connectivity index (χ0n) is 11.0. The highest BCUT2D eigenvalue weighted by Crippen LogP contribution is 2.28. The zero-order valence-corrected chi connectivity index (χ0v) is 13.6. The molecule has 2 aromatic carbocycles. The fourth-order valence-electron chi connectivity index (χ4n) is 1.87. The van der Waals surface area contributed by atoms with E-state index in [1.165, 1.54) is 11.3 Å². The summed E-state index contributed by atoms with van der Waals surface area (Å²) >= 11 is 7.42. The molecule has 0 saturated heterocycles. The highest BCUT2D eigenvalue weighted by molar-refractivity contribution is 7.99. The normalized spacial score (nSPS) is 10.5. The fourth-order valence-corrected chi connectivity index (χ4v) is 3.53. The fraction of sp³-hybridized carbons (Fsp3) is 0. The Morgan fingerprint density at radius 1 is 0.905 bits per heavy atom. The van der Waals surface area contributed by atoms with E-state index in [1.54, 1.807) is 11.8 Å². The number of rotatable bonds is 4. The summed E-state index contributed by atoms with van der Waals surface area (Å²) in [4.78, 5) is 16.2. The second kappa shape index (κ2) is 6.52. The number of ketones is 1. The van der Waals surface area contributed by atoms with Crippen LogP contribution in [0.2, 0.25) is 0 Å². The van der Waals surface area contributed by atoms with Gasteiger partial charge in [-0.05, 0) is 60.0 Å². The van der Waals surface area contributed by atoms with Crippen LogP contribution in [0.4, 0.5) is 0 Å². The molecular weight excluding hydrogens is 316 g/mol. The Bertz CT molecular complexity index is 729. The SMILES string of the molecule is O=C(c1ccc(Sc2ccc(S)cc2)cc1)c1cccs1. The van der Waals surface area contributed by atoms with Crippen LogP contribution in [-0.2, 0) is 0 Å². The van der Waals surface area contributed by atoms with Crippen molar-refractivity contribution in [3.63, 3.8) is 0 Å². The summed E-state index contributed by atoms with van der Waals surface area (Å²) in [5.41, 5.74) is 0.729. The van der Waals surface area contributed by atoms with Crippen LogP contribution in [-0.4, -0.2) is 5.78 Å². The molecule has 21 heavy (non-hydrogen) atoms. The molecule has 4 heteroatoms. The molecule has 0 spiro atoms. The Balaban J connectivity index is 1.75. The van der Waals surface area contributed by atoms with Crippen LogP contribution in [0.25, 0.3) is 0 Å². The van der Waals surface area contributed by atoms with Gasteiger partial charge in [0, 0.05) is 20.2 Å². The van der Waals surface area contributed by atoms with Gasteiger partial charge in [-0.25, -0.2) is 0 Å². The minimum Gasteiger partial charge on any atom is -0.288 e. The molecule has 0 fully saturated rings. The number of hydrogen-bond acceptors (Lipinski definition) is 4. The third-order valence-corrected chi connectivity index (χ3v) is 5.12. The molecule has 3 aromatic rings. The number of benzene rings is 2. The van der Waals surface area contributed by atoms with Crippen molar-refractivity contribution < 1.29 is 4.79 Å². The van der Waals surface area contributed by atoms with E-state index in [0.717, 1.165) is 25.1 Å². The maximum Gasteiger partial charge on any atom is 0.202 e. The molecule has 0 bridgehead atoms. The van der Waals surface area contributed by atoms with Gasteiger partial charge in [0.15, 0.2) is 0 Å². The van der Waals surface area contributed by atoms with Crippen molar-refractivity contribution in [3.05, 3.63) is 76.5 Å². The van der Waals surface area contributed by atoms with Crippen LogP contribution in [0.5, 0.6) is 0 Å². The molecule has 104 valence electrons. The summed E-state index contributed by atoms with van der Waals surface area (Å²) in [6.45, 7) is 0. The van der Waals surface area contributed by atoms with E-state index in [1.807, 2.05) is 66.0 Å². The van der Waals surface area contributed by atoms with E-state index in [4.69, 9.17) is 0 Å². The minimum atomic E-state index is 0.0842. The van der Waals surface area contributed by atoms with Gasteiger partial charge in [-0.3, -0.25) is 4.79 Å². The Morgan fingerprint density at radius 3 is 2.10 bits per heavy atom. The van der Waals surface area contributed by atoms with E-state index in [0.29, 0.717) is 0 Å². The lowest BCUT2D eigenvalue weighted by molar-refractivity contribution is 0.104. The van der Waals surface area contributed by atoms with Gasteiger partial charge in [-0.15, -0.1) is 24.0 Å². The Morgan fingerprint density at radius 2 is 1.52 bits per heavy atom. The maximum atomic E-state index is 12.2. The second-order valence-electron chi connectivity index (χ2n) is 4.43. The predicted molar refractivity (Wildman–Crippen MR) is 92.0 cm³/mol.